The van der Waals surface area contributed by atoms with Crippen LogP contribution in [0.25, 0.3) is 11.3 Å². The molecule has 0 spiro atoms. The molecule has 234 valence electrons. The number of sulfone groups is 1. The third-order valence-electron chi connectivity index (χ3n) is 6.86. The number of amides is 2. The van der Waals surface area contributed by atoms with Gasteiger partial charge in [-0.25, -0.2) is 27.8 Å². The van der Waals surface area contributed by atoms with Gasteiger partial charge in [0, 0.05) is 43.2 Å². The average molecular weight is 644 g/mol. The summed E-state index contributed by atoms with van der Waals surface area (Å²) in [5.41, 5.74) is -1.61. The van der Waals surface area contributed by atoms with Gasteiger partial charge in [0.05, 0.1) is 33.9 Å². The van der Waals surface area contributed by atoms with Gasteiger partial charge in [-0.2, -0.15) is 13.2 Å². The van der Waals surface area contributed by atoms with Crippen molar-refractivity contribution in [2.24, 2.45) is 0 Å². The van der Waals surface area contributed by atoms with Crippen LogP contribution in [0.5, 0.6) is 11.6 Å². The van der Waals surface area contributed by atoms with Crippen LogP contribution in [0.1, 0.15) is 39.0 Å². The first kappa shape index (κ1) is 31.5. The van der Waals surface area contributed by atoms with Crippen molar-refractivity contribution >= 4 is 27.3 Å². The normalized spacial score (nSPS) is 14.6. The lowest BCUT2D eigenvalue weighted by molar-refractivity contribution is -0.137. The maximum Gasteiger partial charge on any atom is 0.416 e. The van der Waals surface area contributed by atoms with E-state index < -0.39 is 56.0 Å². The first-order valence-electron chi connectivity index (χ1n) is 13.6. The smallest absolute Gasteiger partial charge is 0.416 e. The van der Waals surface area contributed by atoms with Gasteiger partial charge in [-0.1, -0.05) is 6.92 Å². The molecule has 1 fully saturated rings. The molecule has 2 aromatic heterocycles. The van der Waals surface area contributed by atoms with Crippen molar-refractivity contribution in [3.05, 3.63) is 95.3 Å². The number of benzene rings is 2. The molecule has 2 aromatic carbocycles. The quantitative estimate of drug-likeness (QED) is 0.273. The minimum Gasteiger partial charge on any atom is -0.438 e. The Kier molecular flexibility index (Phi) is 8.82. The van der Waals surface area contributed by atoms with Gasteiger partial charge in [-0.15, -0.1) is 0 Å². The van der Waals surface area contributed by atoms with E-state index in [0.717, 1.165) is 23.1 Å². The summed E-state index contributed by atoms with van der Waals surface area (Å²) < 4.78 is 85.3. The Morgan fingerprint density at radius 1 is 1.00 bits per heavy atom. The zero-order valence-corrected chi connectivity index (χ0v) is 24.5. The Balaban J connectivity index is 1.41. The molecule has 15 heteroatoms. The van der Waals surface area contributed by atoms with Gasteiger partial charge in [-0.05, 0) is 54.6 Å². The van der Waals surface area contributed by atoms with Crippen molar-refractivity contribution in [2.45, 2.75) is 19.5 Å². The van der Waals surface area contributed by atoms with E-state index in [2.05, 4.69) is 20.3 Å². The molecule has 10 nitrogen and oxygen atoms in total. The summed E-state index contributed by atoms with van der Waals surface area (Å²) in [5, 5.41) is 2.23. The molecule has 1 aliphatic heterocycles. The molecular formula is C30H25F4N5O5S. The Morgan fingerprint density at radius 2 is 1.76 bits per heavy atom. The number of nitrogens with zero attached hydrogens (tertiary/aromatic N) is 4. The zero-order chi connectivity index (χ0) is 32.4. The maximum atomic E-state index is 14.8. The number of ether oxygens (including phenoxy) is 1. The number of alkyl halides is 3. The molecule has 0 unspecified atom stereocenters. The van der Waals surface area contributed by atoms with Crippen LogP contribution < -0.4 is 10.1 Å². The molecule has 1 saturated heterocycles. The molecule has 1 aliphatic rings. The van der Waals surface area contributed by atoms with Crippen LogP contribution in [0.4, 0.5) is 23.2 Å². The Hall–Kier alpha value is -4.92. The number of aryl methyl sites for hydroxylation is 1. The second-order valence-corrected chi connectivity index (χ2v) is 12.3. The first-order valence-corrected chi connectivity index (χ1v) is 15.4. The van der Waals surface area contributed by atoms with Crippen LogP contribution in [-0.4, -0.2) is 64.7 Å². The minimum absolute atomic E-state index is 0.00577. The van der Waals surface area contributed by atoms with Gasteiger partial charge in [0.2, 0.25) is 5.88 Å². The van der Waals surface area contributed by atoms with Crippen molar-refractivity contribution in [3.63, 3.8) is 0 Å². The molecule has 0 bridgehead atoms. The third-order valence-corrected chi connectivity index (χ3v) is 8.47. The molecule has 0 aliphatic carbocycles. The summed E-state index contributed by atoms with van der Waals surface area (Å²) in [4.78, 5) is 40.1. The Morgan fingerprint density at radius 3 is 2.47 bits per heavy atom. The van der Waals surface area contributed by atoms with E-state index in [1.54, 1.807) is 24.4 Å². The van der Waals surface area contributed by atoms with E-state index in [4.69, 9.17) is 4.74 Å². The van der Waals surface area contributed by atoms with Crippen LogP contribution in [-0.2, 0) is 22.4 Å². The number of halogens is 4. The highest BCUT2D eigenvalue weighted by atomic mass is 32.2. The average Bonchev–Trinajstić information content (AvgIpc) is 3.01. The van der Waals surface area contributed by atoms with Crippen LogP contribution in [0, 0.1) is 5.82 Å². The van der Waals surface area contributed by atoms with E-state index in [0.29, 0.717) is 35.6 Å². The van der Waals surface area contributed by atoms with Crippen molar-refractivity contribution in [1.29, 1.82) is 0 Å². The van der Waals surface area contributed by atoms with E-state index in [1.165, 1.54) is 12.3 Å². The predicted molar refractivity (Wildman–Crippen MR) is 155 cm³/mol. The highest BCUT2D eigenvalue weighted by Crippen LogP contribution is 2.34. The standard InChI is InChI=1S/C30H25F4N5O5S/c1-2-26-35-9-7-25(38-26)22-4-3-8-36-28(22)44-21-5-6-24(31)23(17-21)27(40)37-20-15-18(14-19(16-20)30(32,33)34)29(41)39-10-12-45(42,43)13-11-39/h3-9,14-17H,2,10-13H2,1H3,(H,37,40). The van der Waals surface area contributed by atoms with Crippen LogP contribution in [0.3, 0.4) is 0 Å². The number of anilines is 1. The number of hydrogen-bond donors (Lipinski definition) is 1. The molecule has 3 heterocycles. The van der Waals surface area contributed by atoms with E-state index in [9.17, 15) is 35.6 Å². The summed E-state index contributed by atoms with van der Waals surface area (Å²) >= 11 is 0. The highest BCUT2D eigenvalue weighted by Gasteiger charge is 2.33. The molecule has 0 saturated carbocycles. The van der Waals surface area contributed by atoms with Gasteiger partial charge in [-0.3, -0.25) is 9.59 Å². The van der Waals surface area contributed by atoms with Gasteiger partial charge >= 0.3 is 6.18 Å². The summed E-state index contributed by atoms with van der Waals surface area (Å²) in [6.45, 7) is 1.52. The SMILES string of the molecule is CCc1nccc(-c2cccnc2Oc2ccc(F)c(C(=O)Nc3cc(C(=O)N4CCS(=O)(=O)CC4)cc(C(F)(F)F)c3)c2)n1. The lowest BCUT2D eigenvalue weighted by atomic mass is 10.1. The number of nitrogens with one attached hydrogen (secondary N) is 1. The summed E-state index contributed by atoms with van der Waals surface area (Å²) in [5.74, 6) is -2.88. The van der Waals surface area contributed by atoms with Crippen LogP contribution in [0.15, 0.2) is 67.0 Å². The number of pyridine rings is 1. The number of hydrogen-bond acceptors (Lipinski definition) is 8. The zero-order valence-electron chi connectivity index (χ0n) is 23.6. The Bertz CT molecular complexity index is 1870. The van der Waals surface area contributed by atoms with Crippen molar-refractivity contribution < 1.29 is 40.3 Å². The van der Waals surface area contributed by atoms with E-state index in [-0.39, 0.29) is 36.2 Å². The number of carbonyl (C=O) groups excluding carboxylic acids is 2. The molecule has 1 N–H and O–H groups in total. The number of carbonyl (C=O) groups is 2. The molecule has 0 atom stereocenters. The van der Waals surface area contributed by atoms with E-state index in [1.807, 2.05) is 6.92 Å². The van der Waals surface area contributed by atoms with Crippen LogP contribution >= 0.6 is 0 Å². The monoisotopic (exact) mass is 643 g/mol. The first-order chi connectivity index (χ1) is 21.3. The van der Waals surface area contributed by atoms with Crippen molar-refractivity contribution in [1.82, 2.24) is 19.9 Å². The minimum atomic E-state index is -4.89. The molecule has 4 aromatic rings. The van der Waals surface area contributed by atoms with Gasteiger partial charge in [0.15, 0.2) is 9.84 Å². The van der Waals surface area contributed by atoms with Gasteiger partial charge in [0.1, 0.15) is 17.4 Å². The fourth-order valence-electron chi connectivity index (χ4n) is 4.52. The topological polar surface area (TPSA) is 131 Å². The van der Waals surface area contributed by atoms with Crippen molar-refractivity contribution in [2.75, 3.05) is 29.9 Å². The molecular weight excluding hydrogens is 618 g/mol. The fourth-order valence-corrected chi connectivity index (χ4v) is 5.72. The second-order valence-electron chi connectivity index (χ2n) is 10.0. The highest BCUT2D eigenvalue weighted by molar-refractivity contribution is 7.91. The Labute approximate surface area is 255 Å². The summed E-state index contributed by atoms with van der Waals surface area (Å²) in [6.07, 6.45) is -1.25. The lowest BCUT2D eigenvalue weighted by Crippen LogP contribution is -2.43. The predicted octanol–water partition coefficient (Wildman–Crippen LogP) is 5.17. The molecule has 5 rings (SSSR count). The van der Waals surface area contributed by atoms with Gasteiger partial charge in [0.25, 0.3) is 11.8 Å². The number of rotatable bonds is 7. The molecule has 0 radical (unpaired) electrons. The maximum absolute atomic E-state index is 14.8. The number of aromatic nitrogens is 3. The lowest BCUT2D eigenvalue weighted by Gasteiger charge is -2.27. The van der Waals surface area contributed by atoms with Crippen LogP contribution in [0.2, 0.25) is 0 Å². The molecule has 2 amide bonds. The summed E-state index contributed by atoms with van der Waals surface area (Å²) in [6, 6.07) is 10.5. The van der Waals surface area contributed by atoms with E-state index >= 15 is 0 Å². The third kappa shape index (κ3) is 7.42. The molecule has 45 heavy (non-hydrogen) atoms. The second kappa shape index (κ2) is 12.6. The van der Waals surface area contributed by atoms with Crippen molar-refractivity contribution in [3.8, 4) is 22.9 Å². The largest absolute Gasteiger partial charge is 0.438 e. The van der Waals surface area contributed by atoms with Gasteiger partial charge < -0.3 is 15.0 Å². The fraction of sp³-hybridized carbons (Fsp3) is 0.233. The summed E-state index contributed by atoms with van der Waals surface area (Å²) in [7, 11) is -3.35.